The molecule has 0 saturated carbocycles. The zero-order chi connectivity index (χ0) is 23.5. The van der Waals surface area contributed by atoms with E-state index in [9.17, 15) is 19.7 Å². The average molecular weight is 450 g/mol. The van der Waals surface area contributed by atoms with E-state index in [4.69, 9.17) is 9.47 Å². The van der Waals surface area contributed by atoms with E-state index in [2.05, 4.69) is 20.8 Å². The van der Waals surface area contributed by atoms with Gasteiger partial charge in [-0.05, 0) is 35.0 Å². The number of tetrazole rings is 1. The molecule has 0 saturated heterocycles. The van der Waals surface area contributed by atoms with Crippen molar-refractivity contribution in [2.45, 2.75) is 13.0 Å². The van der Waals surface area contributed by atoms with Crippen LogP contribution in [-0.2, 0) is 9.53 Å². The van der Waals surface area contributed by atoms with Gasteiger partial charge < -0.3 is 14.8 Å². The number of benzene rings is 2. The molecule has 0 fully saturated rings. The molecule has 33 heavy (non-hydrogen) atoms. The van der Waals surface area contributed by atoms with E-state index in [1.54, 1.807) is 24.3 Å². The highest BCUT2D eigenvalue weighted by Crippen LogP contribution is 2.37. The van der Waals surface area contributed by atoms with Gasteiger partial charge >= 0.3 is 5.97 Å². The standard InChI is InChI=1S/C21H18N6O6/c1-3-33-15-9-7-12(8-10-15)18-16(19(28)13-5-4-6-14(11-13)27(30)31)17(20(29)32-2)22-21-23-24-25-26(18)21/h4-11,18H,3H2,1-2H3,(H,22,23,25)/t18-/m0/s1. The van der Waals surface area contributed by atoms with Crippen LogP contribution in [0.25, 0.3) is 0 Å². The number of ether oxygens (including phenoxy) is 2. The molecule has 1 aliphatic rings. The first kappa shape index (κ1) is 21.6. The van der Waals surface area contributed by atoms with Gasteiger partial charge in [0.2, 0.25) is 5.95 Å². The second kappa shape index (κ2) is 8.86. The zero-order valence-corrected chi connectivity index (χ0v) is 17.6. The zero-order valence-electron chi connectivity index (χ0n) is 17.6. The number of nitro benzene ring substituents is 1. The van der Waals surface area contributed by atoms with Gasteiger partial charge in [0.15, 0.2) is 5.78 Å². The summed E-state index contributed by atoms with van der Waals surface area (Å²) in [5.74, 6) is -0.679. The number of methoxy groups -OCH3 is 1. The summed E-state index contributed by atoms with van der Waals surface area (Å²) in [6.45, 7) is 2.34. The highest BCUT2D eigenvalue weighted by Gasteiger charge is 2.38. The van der Waals surface area contributed by atoms with Crippen LogP contribution >= 0.6 is 0 Å². The van der Waals surface area contributed by atoms with Crippen LogP contribution in [0.15, 0.2) is 59.8 Å². The molecule has 4 rings (SSSR count). The summed E-state index contributed by atoms with van der Waals surface area (Å²) in [5.41, 5.74) is 0.172. The number of carbonyl (C=O) groups excluding carboxylic acids is 2. The first-order valence-electron chi connectivity index (χ1n) is 9.83. The van der Waals surface area contributed by atoms with Crippen molar-refractivity contribution in [2.24, 2.45) is 0 Å². The maximum absolute atomic E-state index is 13.7. The van der Waals surface area contributed by atoms with Crippen molar-refractivity contribution in [2.75, 3.05) is 19.0 Å². The predicted octanol–water partition coefficient (Wildman–Crippen LogP) is 2.30. The van der Waals surface area contributed by atoms with Gasteiger partial charge in [-0.3, -0.25) is 14.9 Å². The number of Topliss-reactive ketones (excluding diaryl/α,β-unsaturated/α-hetero) is 1. The summed E-state index contributed by atoms with van der Waals surface area (Å²) >= 11 is 0. The summed E-state index contributed by atoms with van der Waals surface area (Å²) in [4.78, 5) is 36.9. The van der Waals surface area contributed by atoms with Crippen molar-refractivity contribution in [1.82, 2.24) is 20.2 Å². The number of ketones is 1. The van der Waals surface area contributed by atoms with Crippen molar-refractivity contribution >= 4 is 23.4 Å². The predicted molar refractivity (Wildman–Crippen MR) is 114 cm³/mol. The molecular formula is C21H18N6O6. The first-order valence-corrected chi connectivity index (χ1v) is 9.83. The van der Waals surface area contributed by atoms with Crippen LogP contribution in [0.2, 0.25) is 0 Å². The third kappa shape index (κ3) is 4.01. The second-order valence-corrected chi connectivity index (χ2v) is 6.89. The molecule has 2 heterocycles. The van der Waals surface area contributed by atoms with Crippen molar-refractivity contribution in [3.8, 4) is 5.75 Å². The smallest absolute Gasteiger partial charge is 0.355 e. The minimum absolute atomic E-state index is 0.0219. The Labute approximate surface area is 187 Å². The maximum Gasteiger partial charge on any atom is 0.355 e. The van der Waals surface area contributed by atoms with E-state index >= 15 is 0 Å². The number of aromatic nitrogens is 4. The highest BCUT2D eigenvalue weighted by atomic mass is 16.6. The minimum Gasteiger partial charge on any atom is -0.494 e. The van der Waals surface area contributed by atoms with Crippen molar-refractivity contribution in [1.29, 1.82) is 0 Å². The lowest BCUT2D eigenvalue weighted by molar-refractivity contribution is -0.384. The summed E-state index contributed by atoms with van der Waals surface area (Å²) in [6, 6.07) is 11.2. The topological polar surface area (TPSA) is 151 Å². The van der Waals surface area contributed by atoms with Gasteiger partial charge in [0.25, 0.3) is 5.69 Å². The molecule has 1 aromatic heterocycles. The molecule has 3 aromatic rings. The van der Waals surface area contributed by atoms with Crippen LogP contribution < -0.4 is 10.1 Å². The Balaban J connectivity index is 1.90. The molecule has 1 N–H and O–H groups in total. The molecule has 12 nitrogen and oxygen atoms in total. The van der Waals surface area contributed by atoms with Gasteiger partial charge in [-0.1, -0.05) is 29.4 Å². The number of nitrogens with zero attached hydrogens (tertiary/aromatic N) is 5. The van der Waals surface area contributed by atoms with E-state index in [1.807, 2.05) is 6.92 Å². The molecule has 2 aromatic carbocycles. The summed E-state index contributed by atoms with van der Waals surface area (Å²) < 4.78 is 11.7. The Morgan fingerprint density at radius 2 is 1.97 bits per heavy atom. The fourth-order valence-electron chi connectivity index (χ4n) is 3.53. The molecule has 0 aliphatic carbocycles. The summed E-state index contributed by atoms with van der Waals surface area (Å²) in [7, 11) is 1.18. The third-order valence-corrected chi connectivity index (χ3v) is 4.98. The molecule has 0 unspecified atom stereocenters. The number of hydrogen-bond donors (Lipinski definition) is 1. The summed E-state index contributed by atoms with van der Waals surface area (Å²) in [5, 5.41) is 25.5. The first-order chi connectivity index (χ1) is 15.9. The number of carbonyl (C=O) groups is 2. The Kier molecular flexibility index (Phi) is 5.81. The van der Waals surface area contributed by atoms with Crippen molar-refractivity contribution in [3.05, 3.63) is 81.0 Å². The molecule has 0 spiro atoms. The number of esters is 1. The fraction of sp³-hybridized carbons (Fsp3) is 0.190. The van der Waals surface area contributed by atoms with Gasteiger partial charge in [-0.2, -0.15) is 4.68 Å². The normalized spacial score (nSPS) is 14.8. The fourth-order valence-corrected chi connectivity index (χ4v) is 3.53. The number of allylic oxidation sites excluding steroid dienone is 1. The van der Waals surface area contributed by atoms with Gasteiger partial charge in [0, 0.05) is 17.7 Å². The van der Waals surface area contributed by atoms with Crippen molar-refractivity contribution in [3.63, 3.8) is 0 Å². The average Bonchev–Trinajstić information content (AvgIpc) is 3.31. The molecule has 0 radical (unpaired) electrons. The third-order valence-electron chi connectivity index (χ3n) is 4.98. The SMILES string of the molecule is CCOc1ccc([C@H]2C(C(=O)c3cccc([N+](=O)[O-])c3)=C(C(=O)OC)Nc3nnnn32)cc1. The van der Waals surface area contributed by atoms with Crippen LogP contribution in [0.1, 0.15) is 28.9 Å². The van der Waals surface area contributed by atoms with Crippen LogP contribution in [-0.4, -0.2) is 50.6 Å². The van der Waals surface area contributed by atoms with E-state index in [1.165, 1.54) is 30.0 Å². The lowest BCUT2D eigenvalue weighted by Gasteiger charge is -2.28. The van der Waals surface area contributed by atoms with Crippen LogP contribution in [0.4, 0.5) is 11.6 Å². The van der Waals surface area contributed by atoms with Gasteiger partial charge in [-0.15, -0.1) is 0 Å². The summed E-state index contributed by atoms with van der Waals surface area (Å²) in [6.07, 6.45) is 0. The number of anilines is 1. The Morgan fingerprint density at radius 3 is 2.64 bits per heavy atom. The van der Waals surface area contributed by atoms with Crippen LogP contribution in [0.5, 0.6) is 5.75 Å². The molecule has 1 aliphatic heterocycles. The molecule has 0 amide bonds. The van der Waals surface area contributed by atoms with Gasteiger partial charge in [0.1, 0.15) is 17.5 Å². The number of non-ortho nitro benzene ring substituents is 1. The van der Waals surface area contributed by atoms with E-state index < -0.39 is 22.7 Å². The largest absolute Gasteiger partial charge is 0.494 e. The Hall–Kier alpha value is -4.61. The number of fused-ring (bicyclic) bond motifs is 1. The number of nitro groups is 1. The molecule has 12 heteroatoms. The van der Waals surface area contributed by atoms with E-state index in [0.29, 0.717) is 17.9 Å². The lowest BCUT2D eigenvalue weighted by Crippen LogP contribution is -2.33. The number of rotatable bonds is 7. The van der Waals surface area contributed by atoms with Gasteiger partial charge in [0.05, 0.1) is 24.2 Å². The molecule has 0 bridgehead atoms. The second-order valence-electron chi connectivity index (χ2n) is 6.89. The Morgan fingerprint density at radius 1 is 1.21 bits per heavy atom. The van der Waals surface area contributed by atoms with Gasteiger partial charge in [-0.25, -0.2) is 4.79 Å². The minimum atomic E-state index is -0.909. The quantitative estimate of drug-likeness (QED) is 0.246. The number of hydrogen-bond acceptors (Lipinski definition) is 10. The number of nitrogens with one attached hydrogen (secondary N) is 1. The van der Waals surface area contributed by atoms with Crippen LogP contribution in [0, 0.1) is 10.1 Å². The maximum atomic E-state index is 13.7. The lowest BCUT2D eigenvalue weighted by atomic mass is 9.89. The van der Waals surface area contributed by atoms with Crippen molar-refractivity contribution < 1.29 is 24.0 Å². The molecular weight excluding hydrogens is 432 g/mol. The highest BCUT2D eigenvalue weighted by molar-refractivity contribution is 6.15. The monoisotopic (exact) mass is 450 g/mol. The molecule has 168 valence electrons. The van der Waals surface area contributed by atoms with Crippen LogP contribution in [0.3, 0.4) is 0 Å². The van der Waals surface area contributed by atoms with E-state index in [0.717, 1.165) is 6.07 Å². The molecule has 1 atom stereocenters. The van der Waals surface area contributed by atoms with E-state index in [-0.39, 0.29) is 28.5 Å². The Bertz CT molecular complexity index is 1270.